The van der Waals surface area contributed by atoms with Crippen LogP contribution in [-0.4, -0.2) is 77.6 Å². The van der Waals surface area contributed by atoms with Crippen LogP contribution in [0.2, 0.25) is 0 Å². The molecule has 1 N–H and O–H groups in total. The number of aromatic nitrogens is 2. The molecule has 3 aromatic rings. The van der Waals surface area contributed by atoms with Crippen molar-refractivity contribution >= 4 is 5.91 Å². The predicted molar refractivity (Wildman–Crippen MR) is 120 cm³/mol. The highest BCUT2D eigenvalue weighted by molar-refractivity contribution is 5.77. The second-order valence-electron chi connectivity index (χ2n) is 8.05. The molecule has 0 unspecified atom stereocenters. The molecule has 1 saturated heterocycles. The zero-order valence-electron chi connectivity index (χ0n) is 17.7. The monoisotopic (exact) mass is 403 g/mol. The number of piperazine rings is 1. The zero-order chi connectivity index (χ0) is 20.9. The van der Waals surface area contributed by atoms with E-state index in [-0.39, 0.29) is 5.91 Å². The van der Waals surface area contributed by atoms with Crippen molar-refractivity contribution in [3.63, 3.8) is 0 Å². The fourth-order valence-electron chi connectivity index (χ4n) is 3.82. The minimum atomic E-state index is 0.166. The van der Waals surface area contributed by atoms with Gasteiger partial charge < -0.3 is 4.90 Å². The molecule has 0 spiro atoms. The molecule has 1 fully saturated rings. The van der Waals surface area contributed by atoms with Crippen molar-refractivity contribution in [3.8, 4) is 22.4 Å². The first kappa shape index (κ1) is 20.3. The first-order valence-electron chi connectivity index (χ1n) is 10.4. The first-order chi connectivity index (χ1) is 14.6. The maximum absolute atomic E-state index is 11.9. The Morgan fingerprint density at radius 3 is 2.17 bits per heavy atom. The van der Waals surface area contributed by atoms with Crippen LogP contribution in [-0.2, 0) is 11.3 Å². The van der Waals surface area contributed by atoms with E-state index in [2.05, 4.69) is 68.5 Å². The lowest BCUT2D eigenvalue weighted by molar-refractivity contribution is -0.130. The fraction of sp³-hybridized carbons (Fsp3) is 0.333. The molecule has 0 bridgehead atoms. The molecule has 156 valence electrons. The van der Waals surface area contributed by atoms with Crippen LogP contribution in [0.15, 0.2) is 60.8 Å². The maximum Gasteiger partial charge on any atom is 0.236 e. The number of nitrogens with one attached hydrogen (secondary N) is 1. The van der Waals surface area contributed by atoms with Crippen molar-refractivity contribution in [2.75, 3.05) is 46.8 Å². The van der Waals surface area contributed by atoms with Crippen LogP contribution in [0.3, 0.4) is 0 Å². The zero-order valence-corrected chi connectivity index (χ0v) is 17.7. The van der Waals surface area contributed by atoms with Gasteiger partial charge >= 0.3 is 0 Å². The molecule has 4 rings (SSSR count). The summed E-state index contributed by atoms with van der Waals surface area (Å²) < 4.78 is 0. The number of amides is 1. The van der Waals surface area contributed by atoms with Gasteiger partial charge in [-0.15, -0.1) is 0 Å². The molecule has 2 heterocycles. The van der Waals surface area contributed by atoms with E-state index in [4.69, 9.17) is 0 Å². The third-order valence-corrected chi connectivity index (χ3v) is 5.72. The summed E-state index contributed by atoms with van der Waals surface area (Å²) in [5, 5.41) is 7.49. The fourth-order valence-corrected chi connectivity index (χ4v) is 3.82. The summed E-state index contributed by atoms with van der Waals surface area (Å²) in [6, 6.07) is 19.1. The van der Waals surface area contributed by atoms with Gasteiger partial charge in [-0.2, -0.15) is 5.10 Å². The van der Waals surface area contributed by atoms with Crippen LogP contribution in [0.25, 0.3) is 22.4 Å². The van der Waals surface area contributed by atoms with E-state index in [1.54, 1.807) is 4.90 Å². The number of hydrogen-bond donors (Lipinski definition) is 1. The maximum atomic E-state index is 11.9. The second kappa shape index (κ2) is 9.24. The Hall–Kier alpha value is -2.96. The average molecular weight is 404 g/mol. The molecule has 0 saturated carbocycles. The van der Waals surface area contributed by atoms with E-state index in [1.807, 2.05) is 26.4 Å². The van der Waals surface area contributed by atoms with Crippen molar-refractivity contribution < 1.29 is 4.79 Å². The standard InChI is InChI=1S/C24H29N5O/c1-27(2)23(30)18-29-14-12-28(13-15-29)17-22-16-25-26-24(22)21-10-8-20(9-11-21)19-6-4-3-5-7-19/h3-11,16H,12-15,17-18H2,1-2H3,(H,25,26). The van der Waals surface area contributed by atoms with E-state index in [1.165, 1.54) is 16.7 Å². The van der Waals surface area contributed by atoms with E-state index < -0.39 is 0 Å². The summed E-state index contributed by atoms with van der Waals surface area (Å²) in [6.45, 7) is 5.11. The lowest BCUT2D eigenvalue weighted by Crippen LogP contribution is -2.48. The first-order valence-corrected chi connectivity index (χ1v) is 10.4. The summed E-state index contributed by atoms with van der Waals surface area (Å²) in [5.41, 5.74) is 5.88. The highest BCUT2D eigenvalue weighted by Crippen LogP contribution is 2.26. The van der Waals surface area contributed by atoms with Crippen molar-refractivity contribution in [2.45, 2.75) is 6.54 Å². The van der Waals surface area contributed by atoms with Crippen molar-refractivity contribution in [1.82, 2.24) is 24.9 Å². The smallest absolute Gasteiger partial charge is 0.236 e. The van der Waals surface area contributed by atoms with Gasteiger partial charge in [0.15, 0.2) is 0 Å². The quantitative estimate of drug-likeness (QED) is 0.688. The number of likely N-dealkylation sites (N-methyl/N-ethyl adjacent to an activating group) is 1. The van der Waals surface area contributed by atoms with Crippen molar-refractivity contribution in [2.24, 2.45) is 0 Å². The Morgan fingerprint density at radius 2 is 1.50 bits per heavy atom. The Balaban J connectivity index is 1.38. The number of carbonyl (C=O) groups excluding carboxylic acids is 1. The highest BCUT2D eigenvalue weighted by Gasteiger charge is 2.21. The largest absolute Gasteiger partial charge is 0.348 e. The number of carbonyl (C=O) groups is 1. The number of aromatic amines is 1. The molecule has 1 aliphatic heterocycles. The number of benzene rings is 2. The van der Waals surface area contributed by atoms with E-state index in [0.29, 0.717) is 6.54 Å². The molecule has 0 radical (unpaired) electrons. The SMILES string of the molecule is CN(C)C(=O)CN1CCN(Cc2cn[nH]c2-c2ccc(-c3ccccc3)cc2)CC1. The van der Waals surface area contributed by atoms with Crippen molar-refractivity contribution in [3.05, 3.63) is 66.4 Å². The predicted octanol–water partition coefficient (Wildman–Crippen LogP) is 2.95. The second-order valence-corrected chi connectivity index (χ2v) is 8.05. The number of nitrogens with zero attached hydrogens (tertiary/aromatic N) is 4. The van der Waals surface area contributed by atoms with E-state index in [0.717, 1.165) is 44.0 Å². The topological polar surface area (TPSA) is 55.5 Å². The van der Waals surface area contributed by atoms with Crippen LogP contribution in [0.1, 0.15) is 5.56 Å². The van der Waals surface area contributed by atoms with Gasteiger partial charge in [0, 0.05) is 52.4 Å². The normalized spacial score (nSPS) is 15.3. The molecular weight excluding hydrogens is 374 g/mol. The molecule has 30 heavy (non-hydrogen) atoms. The number of rotatable bonds is 6. The van der Waals surface area contributed by atoms with Gasteiger partial charge in [-0.25, -0.2) is 0 Å². The Labute approximate surface area is 178 Å². The van der Waals surface area contributed by atoms with Crippen LogP contribution in [0.4, 0.5) is 0 Å². The van der Waals surface area contributed by atoms with Gasteiger partial charge in [0.25, 0.3) is 0 Å². The van der Waals surface area contributed by atoms with E-state index >= 15 is 0 Å². The molecule has 6 heteroatoms. The summed E-state index contributed by atoms with van der Waals surface area (Å²) in [7, 11) is 3.62. The summed E-state index contributed by atoms with van der Waals surface area (Å²) in [5.74, 6) is 0.166. The minimum absolute atomic E-state index is 0.166. The summed E-state index contributed by atoms with van der Waals surface area (Å²) in [4.78, 5) is 18.3. The minimum Gasteiger partial charge on any atom is -0.348 e. The molecule has 1 aromatic heterocycles. The van der Waals surface area contributed by atoms with Gasteiger partial charge in [0.2, 0.25) is 5.91 Å². The molecule has 1 amide bonds. The molecule has 6 nitrogen and oxygen atoms in total. The number of hydrogen-bond acceptors (Lipinski definition) is 4. The summed E-state index contributed by atoms with van der Waals surface area (Å²) in [6.07, 6.45) is 1.93. The third kappa shape index (κ3) is 4.78. The van der Waals surface area contributed by atoms with Gasteiger partial charge in [-0.1, -0.05) is 54.6 Å². The van der Waals surface area contributed by atoms with Crippen LogP contribution in [0, 0.1) is 0 Å². The Morgan fingerprint density at radius 1 is 0.900 bits per heavy atom. The lowest BCUT2D eigenvalue weighted by Gasteiger charge is -2.34. The molecule has 2 aromatic carbocycles. The molecule has 1 aliphatic rings. The Bertz CT molecular complexity index is 957. The van der Waals surface area contributed by atoms with Gasteiger partial charge in [0.1, 0.15) is 0 Å². The summed E-state index contributed by atoms with van der Waals surface area (Å²) >= 11 is 0. The Kier molecular flexibility index (Phi) is 6.26. The molecule has 0 aliphatic carbocycles. The van der Waals surface area contributed by atoms with E-state index in [9.17, 15) is 4.79 Å². The lowest BCUT2D eigenvalue weighted by atomic mass is 10.0. The van der Waals surface area contributed by atoms with Crippen LogP contribution >= 0.6 is 0 Å². The average Bonchev–Trinajstić information content (AvgIpc) is 3.24. The van der Waals surface area contributed by atoms with Crippen LogP contribution in [0.5, 0.6) is 0 Å². The highest BCUT2D eigenvalue weighted by atomic mass is 16.2. The van der Waals surface area contributed by atoms with Gasteiger partial charge in [0.05, 0.1) is 18.4 Å². The van der Waals surface area contributed by atoms with Gasteiger partial charge in [-0.3, -0.25) is 19.7 Å². The molecular formula is C24H29N5O. The third-order valence-electron chi connectivity index (χ3n) is 5.72. The molecule has 0 atom stereocenters. The van der Waals surface area contributed by atoms with Crippen LogP contribution < -0.4 is 0 Å². The van der Waals surface area contributed by atoms with Gasteiger partial charge in [-0.05, 0) is 16.7 Å². The van der Waals surface area contributed by atoms with Crippen molar-refractivity contribution in [1.29, 1.82) is 0 Å². The number of H-pyrrole nitrogens is 1.